The lowest BCUT2D eigenvalue weighted by atomic mass is 9.95. The highest BCUT2D eigenvalue weighted by molar-refractivity contribution is 7.80. The summed E-state index contributed by atoms with van der Waals surface area (Å²) >= 11 is 5.76. The molecule has 2 atom stereocenters. The molecule has 0 radical (unpaired) electrons. The Labute approximate surface area is 148 Å². The van der Waals surface area contributed by atoms with Gasteiger partial charge in [0.05, 0.1) is 17.8 Å². The Morgan fingerprint density at radius 2 is 2.00 bits per heavy atom. The van der Waals surface area contributed by atoms with Crippen molar-refractivity contribution in [2.45, 2.75) is 57.7 Å². The van der Waals surface area contributed by atoms with E-state index in [9.17, 15) is 0 Å². The number of nitrogens with zero attached hydrogens (tertiary/aromatic N) is 2. The molecular weight excluding hydrogens is 316 g/mol. The molecule has 126 valence electrons. The van der Waals surface area contributed by atoms with E-state index in [4.69, 9.17) is 12.2 Å². The number of aryl methyl sites for hydroxylation is 2. The summed E-state index contributed by atoms with van der Waals surface area (Å²) in [4.78, 5) is 10.5. The van der Waals surface area contributed by atoms with Crippen molar-refractivity contribution in [1.82, 2.24) is 20.2 Å². The van der Waals surface area contributed by atoms with Crippen molar-refractivity contribution in [2.75, 3.05) is 0 Å². The molecule has 2 N–H and O–H groups in total. The van der Waals surface area contributed by atoms with Gasteiger partial charge in [-0.05, 0) is 62.7 Å². The molecule has 0 amide bonds. The molecule has 4 nitrogen and oxygen atoms in total. The van der Waals surface area contributed by atoms with Crippen LogP contribution in [-0.2, 0) is 0 Å². The number of aromatic amines is 1. The zero-order valence-corrected chi connectivity index (χ0v) is 15.1. The molecule has 0 spiro atoms. The summed E-state index contributed by atoms with van der Waals surface area (Å²) in [6.07, 6.45) is 6.93. The number of H-pyrrole nitrogens is 1. The number of pyridine rings is 1. The van der Waals surface area contributed by atoms with Gasteiger partial charge in [0, 0.05) is 23.6 Å². The first-order valence-corrected chi connectivity index (χ1v) is 9.22. The summed E-state index contributed by atoms with van der Waals surface area (Å²) in [6, 6.07) is 9.24. The van der Waals surface area contributed by atoms with Crippen molar-refractivity contribution in [2.24, 2.45) is 0 Å². The molecule has 1 saturated carbocycles. The van der Waals surface area contributed by atoms with Gasteiger partial charge in [0.25, 0.3) is 0 Å². The van der Waals surface area contributed by atoms with Crippen LogP contribution < -0.4 is 5.32 Å². The minimum atomic E-state index is 0.105. The molecule has 0 aromatic carbocycles. The predicted octanol–water partition coefficient (Wildman–Crippen LogP) is 3.94. The summed E-state index contributed by atoms with van der Waals surface area (Å²) < 4.78 is 0. The standard InChI is InChI=1S/C19H24N4S/c1-12-11-15(13(2)21-12)18-17(16-9-5-6-10-20-16)22-19(24)23(18)14-7-3-4-8-14/h5-6,9-11,14,17-18,21H,3-4,7-8H2,1-2H3,(H,22,24)/t17-,18+/m0/s1. The van der Waals surface area contributed by atoms with Gasteiger partial charge in [0.1, 0.15) is 0 Å². The molecule has 5 heteroatoms. The van der Waals surface area contributed by atoms with Crippen LogP contribution in [0, 0.1) is 13.8 Å². The monoisotopic (exact) mass is 340 g/mol. The molecule has 1 saturated heterocycles. The second-order valence-electron chi connectivity index (χ2n) is 7.00. The Morgan fingerprint density at radius 1 is 1.21 bits per heavy atom. The van der Waals surface area contributed by atoms with Crippen molar-refractivity contribution in [1.29, 1.82) is 0 Å². The van der Waals surface area contributed by atoms with Crippen LogP contribution in [0.4, 0.5) is 0 Å². The number of nitrogens with one attached hydrogen (secondary N) is 2. The van der Waals surface area contributed by atoms with Crippen molar-refractivity contribution in [3.63, 3.8) is 0 Å². The quantitative estimate of drug-likeness (QED) is 0.831. The normalized spacial score (nSPS) is 24.6. The van der Waals surface area contributed by atoms with Crippen LogP contribution >= 0.6 is 12.2 Å². The molecule has 0 bridgehead atoms. The summed E-state index contributed by atoms with van der Waals surface area (Å²) in [7, 11) is 0. The fraction of sp³-hybridized carbons (Fsp3) is 0.474. The van der Waals surface area contributed by atoms with Gasteiger partial charge in [-0.1, -0.05) is 18.9 Å². The Balaban J connectivity index is 1.79. The molecule has 0 unspecified atom stereocenters. The van der Waals surface area contributed by atoms with Crippen LogP contribution in [0.5, 0.6) is 0 Å². The fourth-order valence-electron chi connectivity index (χ4n) is 4.33. The van der Waals surface area contributed by atoms with E-state index >= 15 is 0 Å². The maximum atomic E-state index is 5.76. The fourth-order valence-corrected chi connectivity index (χ4v) is 4.72. The smallest absolute Gasteiger partial charge is 0.170 e. The van der Waals surface area contributed by atoms with E-state index in [-0.39, 0.29) is 12.1 Å². The molecule has 2 fully saturated rings. The highest BCUT2D eigenvalue weighted by Crippen LogP contribution is 2.43. The largest absolute Gasteiger partial charge is 0.362 e. The van der Waals surface area contributed by atoms with Crippen LogP contribution in [0.3, 0.4) is 0 Å². The number of aromatic nitrogens is 2. The zero-order valence-electron chi connectivity index (χ0n) is 14.2. The SMILES string of the molecule is Cc1cc([C@@H]2[C@H](c3ccccn3)NC(=S)N2C2CCCC2)c(C)[nH]1. The second-order valence-corrected chi connectivity index (χ2v) is 7.39. The molecule has 1 aliphatic heterocycles. The lowest BCUT2D eigenvalue weighted by Gasteiger charge is -2.32. The van der Waals surface area contributed by atoms with E-state index in [1.807, 2.05) is 12.3 Å². The molecule has 3 heterocycles. The van der Waals surface area contributed by atoms with Crippen LogP contribution in [0.1, 0.15) is 60.4 Å². The van der Waals surface area contributed by atoms with E-state index in [1.54, 1.807) is 0 Å². The lowest BCUT2D eigenvalue weighted by molar-refractivity contribution is 0.245. The number of thiocarbonyl (C=S) groups is 1. The van der Waals surface area contributed by atoms with E-state index in [1.165, 1.54) is 42.6 Å². The van der Waals surface area contributed by atoms with Crippen LogP contribution in [-0.4, -0.2) is 26.0 Å². The molecular formula is C19H24N4S. The van der Waals surface area contributed by atoms with Crippen molar-refractivity contribution in [3.05, 3.63) is 53.1 Å². The van der Waals surface area contributed by atoms with Gasteiger partial charge >= 0.3 is 0 Å². The molecule has 2 aliphatic rings. The Morgan fingerprint density at radius 3 is 2.62 bits per heavy atom. The first kappa shape index (κ1) is 15.6. The Bertz CT molecular complexity index is 733. The average Bonchev–Trinajstić information content (AvgIpc) is 3.27. The van der Waals surface area contributed by atoms with Gasteiger partial charge in [-0.15, -0.1) is 0 Å². The highest BCUT2D eigenvalue weighted by Gasteiger charge is 2.44. The molecule has 1 aliphatic carbocycles. The van der Waals surface area contributed by atoms with Gasteiger partial charge in [0.15, 0.2) is 5.11 Å². The van der Waals surface area contributed by atoms with Gasteiger partial charge in [0.2, 0.25) is 0 Å². The Hall–Kier alpha value is -1.88. The molecule has 24 heavy (non-hydrogen) atoms. The Kier molecular flexibility index (Phi) is 4.04. The van der Waals surface area contributed by atoms with Gasteiger partial charge in [-0.2, -0.15) is 0 Å². The predicted molar refractivity (Wildman–Crippen MR) is 99.8 cm³/mol. The second kappa shape index (κ2) is 6.20. The first-order chi connectivity index (χ1) is 11.6. The zero-order chi connectivity index (χ0) is 16.7. The van der Waals surface area contributed by atoms with Gasteiger partial charge in [-0.25, -0.2) is 0 Å². The maximum Gasteiger partial charge on any atom is 0.170 e. The summed E-state index contributed by atoms with van der Waals surface area (Å²) in [5.41, 5.74) is 4.82. The minimum absolute atomic E-state index is 0.105. The third-order valence-corrected chi connectivity index (χ3v) is 5.69. The van der Waals surface area contributed by atoms with Crippen LogP contribution in [0.2, 0.25) is 0 Å². The van der Waals surface area contributed by atoms with E-state index < -0.39 is 0 Å². The first-order valence-electron chi connectivity index (χ1n) is 8.81. The van der Waals surface area contributed by atoms with Crippen LogP contribution in [0.25, 0.3) is 0 Å². The van der Waals surface area contributed by atoms with Crippen molar-refractivity contribution in [3.8, 4) is 0 Å². The molecule has 2 aromatic rings. The molecule has 4 rings (SSSR count). The maximum absolute atomic E-state index is 5.76. The van der Waals surface area contributed by atoms with Crippen molar-refractivity contribution >= 4 is 17.3 Å². The van der Waals surface area contributed by atoms with Crippen LogP contribution in [0.15, 0.2) is 30.5 Å². The summed E-state index contributed by atoms with van der Waals surface area (Å²) in [5, 5.41) is 4.44. The lowest BCUT2D eigenvalue weighted by Crippen LogP contribution is -2.37. The minimum Gasteiger partial charge on any atom is -0.362 e. The van der Waals surface area contributed by atoms with Gasteiger partial charge in [-0.3, -0.25) is 4.98 Å². The third-order valence-electron chi connectivity index (χ3n) is 5.36. The average molecular weight is 340 g/mol. The summed E-state index contributed by atoms with van der Waals surface area (Å²) in [5.74, 6) is 0. The third kappa shape index (κ3) is 2.61. The highest BCUT2D eigenvalue weighted by atomic mass is 32.1. The van der Waals surface area contributed by atoms with E-state index in [0.29, 0.717) is 6.04 Å². The molecule has 2 aromatic heterocycles. The number of rotatable bonds is 3. The van der Waals surface area contributed by atoms with Gasteiger partial charge < -0.3 is 15.2 Å². The van der Waals surface area contributed by atoms with E-state index in [2.05, 4.69) is 52.2 Å². The van der Waals surface area contributed by atoms with Crippen molar-refractivity contribution < 1.29 is 0 Å². The topological polar surface area (TPSA) is 44.0 Å². The number of hydrogen-bond donors (Lipinski definition) is 2. The van der Waals surface area contributed by atoms with E-state index in [0.717, 1.165) is 10.8 Å². The summed E-state index contributed by atoms with van der Waals surface area (Å²) in [6.45, 7) is 4.28. The number of hydrogen-bond acceptors (Lipinski definition) is 2.